The molecule has 1 aromatic carbocycles. The first-order valence-corrected chi connectivity index (χ1v) is 9.29. The lowest BCUT2D eigenvalue weighted by Gasteiger charge is -2.06. The fourth-order valence-electron chi connectivity index (χ4n) is 2.10. The van der Waals surface area contributed by atoms with Gasteiger partial charge in [-0.3, -0.25) is 9.59 Å². The van der Waals surface area contributed by atoms with Crippen LogP contribution in [0.25, 0.3) is 10.2 Å². The van der Waals surface area contributed by atoms with Gasteiger partial charge in [0, 0.05) is 15.6 Å². The van der Waals surface area contributed by atoms with Crippen molar-refractivity contribution in [2.45, 2.75) is 19.0 Å². The summed E-state index contributed by atoms with van der Waals surface area (Å²) in [6.07, 6.45) is 0. The van der Waals surface area contributed by atoms with Gasteiger partial charge in [0.25, 0.3) is 5.56 Å². The number of H-pyrrole nitrogens is 1. The van der Waals surface area contributed by atoms with Crippen LogP contribution in [0.1, 0.15) is 10.4 Å². The van der Waals surface area contributed by atoms with Gasteiger partial charge >= 0.3 is 0 Å². The normalized spacial score (nSPS) is 11.0. The number of aromatic amines is 1. The SMILES string of the molecule is Cc1cc2c(=O)[nH]c(SCC(=O)Nc3ccc(C)c(Cl)c3)nc2s1. The average Bonchev–Trinajstić information content (AvgIpc) is 2.90. The van der Waals surface area contributed by atoms with Crippen molar-refractivity contribution >= 4 is 56.5 Å². The quantitative estimate of drug-likeness (QED) is 0.531. The van der Waals surface area contributed by atoms with E-state index in [0.717, 1.165) is 10.4 Å². The number of anilines is 1. The molecule has 0 saturated heterocycles. The molecule has 0 unspecified atom stereocenters. The largest absolute Gasteiger partial charge is 0.325 e. The van der Waals surface area contributed by atoms with Crippen LogP contribution in [0.4, 0.5) is 5.69 Å². The van der Waals surface area contributed by atoms with E-state index in [0.29, 0.717) is 26.1 Å². The number of carbonyl (C=O) groups is 1. The number of amides is 1. The highest BCUT2D eigenvalue weighted by molar-refractivity contribution is 7.99. The molecule has 0 atom stereocenters. The maximum atomic E-state index is 12.0. The number of thioether (sulfide) groups is 1. The summed E-state index contributed by atoms with van der Waals surface area (Å²) < 4.78 is 0. The van der Waals surface area contributed by atoms with E-state index in [1.165, 1.54) is 23.1 Å². The predicted molar refractivity (Wildman–Crippen MR) is 101 cm³/mol. The number of nitrogens with zero attached hydrogens (tertiary/aromatic N) is 1. The fraction of sp³-hybridized carbons (Fsp3) is 0.188. The number of fused-ring (bicyclic) bond motifs is 1. The summed E-state index contributed by atoms with van der Waals surface area (Å²) in [5.41, 5.74) is 1.41. The second kappa shape index (κ2) is 6.96. The molecule has 2 N–H and O–H groups in total. The van der Waals surface area contributed by atoms with E-state index < -0.39 is 0 Å². The predicted octanol–water partition coefficient (Wildman–Crippen LogP) is 3.99. The molecule has 5 nitrogen and oxygen atoms in total. The highest BCUT2D eigenvalue weighted by atomic mass is 35.5. The summed E-state index contributed by atoms with van der Waals surface area (Å²) in [5, 5.41) is 4.40. The van der Waals surface area contributed by atoms with Crippen molar-refractivity contribution in [3.05, 3.63) is 50.1 Å². The zero-order valence-electron chi connectivity index (χ0n) is 13.0. The van der Waals surface area contributed by atoms with E-state index in [2.05, 4.69) is 15.3 Å². The summed E-state index contributed by atoms with van der Waals surface area (Å²) >= 11 is 8.69. The van der Waals surface area contributed by atoms with Crippen molar-refractivity contribution in [3.8, 4) is 0 Å². The zero-order valence-corrected chi connectivity index (χ0v) is 15.4. The maximum Gasteiger partial charge on any atom is 0.260 e. The van der Waals surface area contributed by atoms with E-state index in [1.54, 1.807) is 12.1 Å². The van der Waals surface area contributed by atoms with Gasteiger partial charge < -0.3 is 10.3 Å². The highest BCUT2D eigenvalue weighted by Gasteiger charge is 2.10. The number of nitrogens with one attached hydrogen (secondary N) is 2. The van der Waals surface area contributed by atoms with Crippen molar-refractivity contribution in [1.29, 1.82) is 0 Å². The second-order valence-corrected chi connectivity index (χ2v) is 7.85. The smallest absolute Gasteiger partial charge is 0.260 e. The molecule has 2 heterocycles. The van der Waals surface area contributed by atoms with Crippen LogP contribution in [0.5, 0.6) is 0 Å². The molecule has 124 valence electrons. The van der Waals surface area contributed by atoms with Gasteiger partial charge in [-0.1, -0.05) is 29.4 Å². The lowest BCUT2D eigenvalue weighted by atomic mass is 10.2. The van der Waals surface area contributed by atoms with Crippen molar-refractivity contribution in [2.24, 2.45) is 0 Å². The molecule has 0 aliphatic carbocycles. The van der Waals surface area contributed by atoms with E-state index >= 15 is 0 Å². The molecule has 0 radical (unpaired) electrons. The van der Waals surface area contributed by atoms with Gasteiger partial charge in [-0.15, -0.1) is 11.3 Å². The third-order valence-electron chi connectivity index (χ3n) is 3.30. The number of thiophene rings is 1. The topological polar surface area (TPSA) is 74.8 Å². The van der Waals surface area contributed by atoms with Gasteiger partial charge in [-0.2, -0.15) is 0 Å². The third-order valence-corrected chi connectivity index (χ3v) is 5.52. The number of hydrogen-bond donors (Lipinski definition) is 2. The van der Waals surface area contributed by atoms with Crippen LogP contribution in [0.15, 0.2) is 34.2 Å². The van der Waals surface area contributed by atoms with Gasteiger partial charge in [0.2, 0.25) is 5.91 Å². The lowest BCUT2D eigenvalue weighted by molar-refractivity contribution is -0.113. The summed E-state index contributed by atoms with van der Waals surface area (Å²) in [5.74, 6) is -0.0466. The van der Waals surface area contributed by atoms with E-state index in [-0.39, 0.29) is 17.2 Å². The van der Waals surface area contributed by atoms with E-state index in [9.17, 15) is 9.59 Å². The number of aryl methyl sites for hydroxylation is 2. The summed E-state index contributed by atoms with van der Waals surface area (Å²) in [6, 6.07) is 7.16. The lowest BCUT2D eigenvalue weighted by Crippen LogP contribution is -2.15. The minimum Gasteiger partial charge on any atom is -0.325 e. The molecule has 0 spiro atoms. The Hall–Kier alpha value is -1.83. The van der Waals surface area contributed by atoms with Gasteiger partial charge in [-0.05, 0) is 37.6 Å². The monoisotopic (exact) mass is 379 g/mol. The molecule has 2 aromatic heterocycles. The van der Waals surface area contributed by atoms with Crippen LogP contribution in [0.3, 0.4) is 0 Å². The molecule has 0 aliphatic rings. The van der Waals surface area contributed by atoms with Gasteiger partial charge in [0.15, 0.2) is 5.16 Å². The molecule has 8 heteroatoms. The van der Waals surface area contributed by atoms with Crippen molar-refractivity contribution in [2.75, 3.05) is 11.1 Å². The number of halogens is 1. The number of carbonyl (C=O) groups excluding carboxylic acids is 1. The molecular formula is C16H14ClN3O2S2. The minimum atomic E-state index is -0.190. The van der Waals surface area contributed by atoms with Crippen LogP contribution >= 0.6 is 34.7 Å². The van der Waals surface area contributed by atoms with E-state index in [1.807, 2.05) is 26.0 Å². The van der Waals surface area contributed by atoms with Crippen LogP contribution in [0.2, 0.25) is 5.02 Å². The Balaban J connectivity index is 1.67. The Morgan fingerprint density at radius 1 is 1.38 bits per heavy atom. The van der Waals surface area contributed by atoms with Crippen LogP contribution in [-0.4, -0.2) is 21.6 Å². The standard InChI is InChI=1S/C16H14ClN3O2S2/c1-8-3-4-10(6-12(8)17)18-13(21)7-23-16-19-14(22)11-5-9(2)24-15(11)20-16/h3-6H,7H2,1-2H3,(H,18,21)(H,19,20,22). The van der Waals surface area contributed by atoms with Gasteiger partial charge in [0.05, 0.1) is 11.1 Å². The first-order chi connectivity index (χ1) is 11.4. The molecule has 24 heavy (non-hydrogen) atoms. The second-order valence-electron chi connectivity index (χ2n) is 5.25. The zero-order chi connectivity index (χ0) is 17.3. The van der Waals surface area contributed by atoms with Gasteiger partial charge in [0.1, 0.15) is 4.83 Å². The Labute approximate surface area is 151 Å². The van der Waals surface area contributed by atoms with Crippen LogP contribution in [-0.2, 0) is 4.79 Å². The third kappa shape index (κ3) is 3.80. The Bertz CT molecular complexity index is 981. The number of rotatable bonds is 4. The van der Waals surface area contributed by atoms with E-state index in [4.69, 9.17) is 11.6 Å². The summed E-state index contributed by atoms with van der Waals surface area (Å²) in [6.45, 7) is 3.83. The summed E-state index contributed by atoms with van der Waals surface area (Å²) in [4.78, 5) is 32.8. The number of hydrogen-bond acceptors (Lipinski definition) is 5. The molecule has 0 fully saturated rings. The van der Waals surface area contributed by atoms with Crippen LogP contribution < -0.4 is 10.9 Å². The van der Waals surface area contributed by atoms with Crippen molar-refractivity contribution in [3.63, 3.8) is 0 Å². The number of aromatic nitrogens is 2. The average molecular weight is 380 g/mol. The number of benzene rings is 1. The van der Waals surface area contributed by atoms with Crippen molar-refractivity contribution in [1.82, 2.24) is 9.97 Å². The van der Waals surface area contributed by atoms with Gasteiger partial charge in [-0.25, -0.2) is 4.98 Å². The Kier molecular flexibility index (Phi) is 4.93. The van der Waals surface area contributed by atoms with Crippen molar-refractivity contribution < 1.29 is 4.79 Å². The maximum absolute atomic E-state index is 12.0. The highest BCUT2D eigenvalue weighted by Crippen LogP contribution is 2.23. The molecular weight excluding hydrogens is 366 g/mol. The van der Waals surface area contributed by atoms with Crippen LogP contribution in [0, 0.1) is 13.8 Å². The molecule has 3 rings (SSSR count). The molecule has 0 aliphatic heterocycles. The minimum absolute atomic E-state index is 0.143. The summed E-state index contributed by atoms with van der Waals surface area (Å²) in [7, 11) is 0. The Morgan fingerprint density at radius 2 is 2.17 bits per heavy atom. The first-order valence-electron chi connectivity index (χ1n) is 7.11. The molecule has 0 bridgehead atoms. The molecule has 0 saturated carbocycles. The molecule has 1 amide bonds. The molecule has 3 aromatic rings. The fourth-order valence-corrected chi connectivity index (χ4v) is 3.88. The Morgan fingerprint density at radius 3 is 2.92 bits per heavy atom. The first kappa shape index (κ1) is 17.0.